The van der Waals surface area contributed by atoms with Crippen LogP contribution in [0.5, 0.6) is 0 Å². The van der Waals surface area contributed by atoms with E-state index in [1.165, 1.54) is 56.9 Å². The van der Waals surface area contributed by atoms with Crippen LogP contribution in [-0.4, -0.2) is 46.1 Å². The van der Waals surface area contributed by atoms with E-state index in [1.807, 2.05) is 6.92 Å². The minimum atomic E-state index is -0.392. The van der Waals surface area contributed by atoms with Crippen molar-refractivity contribution in [2.75, 3.05) is 6.54 Å². The van der Waals surface area contributed by atoms with Crippen LogP contribution < -0.4 is 10.6 Å². The highest BCUT2D eigenvalue weighted by Crippen LogP contribution is 2.78. The lowest BCUT2D eigenvalue weighted by molar-refractivity contribution is -0.0859. The van der Waals surface area contributed by atoms with Crippen LogP contribution in [0.2, 0.25) is 0 Å². The molecule has 2 heterocycles. The van der Waals surface area contributed by atoms with Gasteiger partial charge in [0.05, 0.1) is 17.7 Å². The fraction of sp³-hybridized carbons (Fsp3) is 0.750. The Morgan fingerprint density at radius 2 is 1.91 bits per heavy atom. The molecule has 15 atom stereocenters. The van der Waals surface area contributed by atoms with Gasteiger partial charge in [0.15, 0.2) is 0 Å². The van der Waals surface area contributed by atoms with Crippen molar-refractivity contribution in [1.29, 1.82) is 0 Å². The third kappa shape index (κ3) is 3.26. The van der Waals surface area contributed by atoms with Gasteiger partial charge in [-0.2, -0.15) is 0 Å². The molecule has 9 rings (SSSR count). The molecule has 238 valence electrons. The summed E-state index contributed by atoms with van der Waals surface area (Å²) < 4.78 is 0. The summed E-state index contributed by atoms with van der Waals surface area (Å²) in [7, 11) is 0. The maximum Gasteiger partial charge on any atom is 0.0758 e. The van der Waals surface area contributed by atoms with Gasteiger partial charge in [-0.15, -0.1) is 0 Å². The van der Waals surface area contributed by atoms with Crippen molar-refractivity contribution in [3.8, 4) is 0 Å². The molecule has 2 aliphatic heterocycles. The lowest BCUT2D eigenvalue weighted by atomic mass is 9.42. The van der Waals surface area contributed by atoms with Gasteiger partial charge in [0, 0.05) is 29.5 Å². The molecule has 4 nitrogen and oxygen atoms in total. The van der Waals surface area contributed by atoms with Gasteiger partial charge in [-0.25, -0.2) is 0 Å². The first-order chi connectivity index (χ1) is 20.9. The molecule has 0 amide bonds. The molecule has 9 aliphatic rings. The van der Waals surface area contributed by atoms with Crippen LogP contribution >= 0.6 is 0 Å². The van der Waals surface area contributed by atoms with E-state index >= 15 is 0 Å². The van der Waals surface area contributed by atoms with Crippen molar-refractivity contribution in [2.45, 2.75) is 122 Å². The summed E-state index contributed by atoms with van der Waals surface area (Å²) in [6.45, 7) is 16.7. The lowest BCUT2D eigenvalue weighted by Gasteiger charge is -2.69. The molecule has 6 fully saturated rings. The Balaban J connectivity index is 1.18. The molecule has 5 saturated carbocycles. The minimum absolute atomic E-state index is 0.0471. The van der Waals surface area contributed by atoms with Gasteiger partial charge in [-0.3, -0.25) is 5.32 Å². The summed E-state index contributed by atoms with van der Waals surface area (Å²) >= 11 is 0. The lowest BCUT2D eigenvalue weighted by Crippen LogP contribution is -2.77. The van der Waals surface area contributed by atoms with Crippen LogP contribution in [0.15, 0.2) is 58.7 Å². The van der Waals surface area contributed by atoms with E-state index in [-0.39, 0.29) is 33.9 Å². The highest BCUT2D eigenvalue weighted by Gasteiger charge is 2.78. The van der Waals surface area contributed by atoms with Crippen LogP contribution in [0.4, 0.5) is 0 Å². The van der Waals surface area contributed by atoms with Gasteiger partial charge in [0.25, 0.3) is 0 Å². The molecule has 0 aromatic carbocycles. The zero-order chi connectivity index (χ0) is 30.6. The first-order valence-corrected chi connectivity index (χ1v) is 18.3. The summed E-state index contributed by atoms with van der Waals surface area (Å²) in [6.07, 6.45) is 21.1. The smallest absolute Gasteiger partial charge is 0.0758 e. The van der Waals surface area contributed by atoms with E-state index in [2.05, 4.69) is 69.2 Å². The SMILES string of the molecule is C=C(C)[C@@H]1CC[C@]2(C)C(=C(C)C=C3[C@@H]2CC[C@@H]2C[C@H]4C[C@@H]5C[C@@H]6C[C@H](NC[C@H](C)O)[C@@H](O)[C@@H]7C=CC8=C[C@@]32N[C@]4(C)[C@]85[C@@H]67)C1. The van der Waals surface area contributed by atoms with E-state index in [4.69, 9.17) is 0 Å². The fourth-order valence-corrected chi connectivity index (χ4v) is 14.5. The topological polar surface area (TPSA) is 64.5 Å². The zero-order valence-electron chi connectivity index (χ0n) is 27.8. The van der Waals surface area contributed by atoms with Crippen molar-refractivity contribution in [3.05, 3.63) is 58.7 Å². The average molecular weight is 597 g/mol. The number of hydrogen-bond donors (Lipinski definition) is 4. The van der Waals surface area contributed by atoms with E-state index < -0.39 is 12.2 Å². The summed E-state index contributed by atoms with van der Waals surface area (Å²) in [5.41, 5.74) is 8.38. The summed E-state index contributed by atoms with van der Waals surface area (Å²) in [4.78, 5) is 0. The Hall–Kier alpha value is -1.46. The van der Waals surface area contributed by atoms with Crippen LogP contribution in [0.3, 0.4) is 0 Å². The average Bonchev–Trinajstić information content (AvgIpc) is 3.44. The summed E-state index contributed by atoms with van der Waals surface area (Å²) in [5.74, 6) is 4.65. The van der Waals surface area contributed by atoms with Crippen molar-refractivity contribution >= 4 is 0 Å². The fourth-order valence-electron chi connectivity index (χ4n) is 14.5. The number of nitrogens with one attached hydrogen (secondary N) is 2. The first-order valence-electron chi connectivity index (χ1n) is 18.3. The van der Waals surface area contributed by atoms with Crippen molar-refractivity contribution in [2.24, 2.45) is 58.2 Å². The number of aliphatic hydroxyl groups excluding tert-OH is 2. The number of hydrogen-bond acceptors (Lipinski definition) is 4. The van der Waals surface area contributed by atoms with E-state index in [9.17, 15) is 10.2 Å². The quantitative estimate of drug-likeness (QED) is 0.275. The monoisotopic (exact) mass is 596 g/mol. The second-order valence-corrected chi connectivity index (χ2v) is 17.9. The van der Waals surface area contributed by atoms with Gasteiger partial charge < -0.3 is 15.5 Å². The second-order valence-electron chi connectivity index (χ2n) is 17.9. The number of fused-ring (bicyclic) bond motifs is 3. The van der Waals surface area contributed by atoms with Gasteiger partial charge in [-0.05, 0) is 143 Å². The molecular weight excluding hydrogens is 540 g/mol. The highest BCUT2D eigenvalue weighted by atomic mass is 16.3. The molecule has 2 spiro atoms. The van der Waals surface area contributed by atoms with Crippen LogP contribution in [0.1, 0.15) is 92.4 Å². The standard InChI is InChI=1S/C40H56N2O2/c1-21(2)24-11-12-37(5)31-10-8-26-17-28-18-29-14-25-16-34(41-20-23(4)43)36(44)30-9-7-27-19-39(26,33(31)13-22(3)32(37)15-24)42-38(28,6)40(27,29)35(25)30/h7,9,13,19,23-26,28-31,34-36,41-44H,1,8,10-12,14-18,20H2,2-6H3/t23-,24+,25+,26+,28-,29-,30+,31-,34-,35-,36-,37-,38-,39-,40+/m0/s1. The molecule has 4 heteroatoms. The Morgan fingerprint density at radius 3 is 2.68 bits per heavy atom. The van der Waals surface area contributed by atoms with Crippen LogP contribution in [0.25, 0.3) is 0 Å². The predicted octanol–water partition coefficient (Wildman–Crippen LogP) is 6.63. The number of aliphatic hydroxyl groups is 2. The number of rotatable bonds is 4. The minimum Gasteiger partial charge on any atom is -0.392 e. The van der Waals surface area contributed by atoms with E-state index in [0.717, 1.165) is 6.42 Å². The van der Waals surface area contributed by atoms with E-state index in [0.29, 0.717) is 48.0 Å². The Morgan fingerprint density at radius 1 is 1.11 bits per heavy atom. The summed E-state index contributed by atoms with van der Waals surface area (Å²) in [6, 6.07) is 0.0691. The van der Waals surface area contributed by atoms with Crippen LogP contribution in [-0.2, 0) is 0 Å². The normalized spacial score (nSPS) is 54.9. The highest BCUT2D eigenvalue weighted by molar-refractivity contribution is 5.57. The maximum atomic E-state index is 11.8. The van der Waals surface area contributed by atoms with Gasteiger partial charge >= 0.3 is 0 Å². The molecule has 4 N–H and O–H groups in total. The van der Waals surface area contributed by atoms with Gasteiger partial charge in [0.1, 0.15) is 0 Å². The third-order valence-electron chi connectivity index (χ3n) is 16.1. The van der Waals surface area contributed by atoms with Crippen molar-refractivity contribution in [1.82, 2.24) is 10.6 Å². The molecule has 1 saturated heterocycles. The molecule has 2 bridgehead atoms. The Bertz CT molecular complexity index is 1440. The van der Waals surface area contributed by atoms with Crippen molar-refractivity contribution < 1.29 is 10.2 Å². The van der Waals surface area contributed by atoms with Gasteiger partial charge in [-0.1, -0.05) is 54.5 Å². The Kier molecular flexibility index (Phi) is 5.95. The molecule has 0 aromatic rings. The molecular formula is C40H56N2O2. The van der Waals surface area contributed by atoms with Gasteiger partial charge in [0.2, 0.25) is 0 Å². The molecule has 44 heavy (non-hydrogen) atoms. The van der Waals surface area contributed by atoms with E-state index in [1.54, 1.807) is 22.3 Å². The van der Waals surface area contributed by atoms with Crippen LogP contribution in [0, 0.1) is 58.2 Å². The zero-order valence-corrected chi connectivity index (χ0v) is 27.8. The largest absolute Gasteiger partial charge is 0.392 e. The second kappa shape index (κ2) is 9.12. The molecule has 7 aliphatic carbocycles. The summed E-state index contributed by atoms with van der Waals surface area (Å²) in [5, 5.41) is 30.1. The molecule has 0 aromatic heterocycles. The molecule has 0 radical (unpaired) electrons. The van der Waals surface area contributed by atoms with Crippen molar-refractivity contribution in [3.63, 3.8) is 0 Å². The predicted molar refractivity (Wildman–Crippen MR) is 177 cm³/mol. The molecule has 0 unspecified atom stereocenters. The first kappa shape index (κ1) is 28.7. The third-order valence-corrected chi connectivity index (χ3v) is 16.1. The maximum absolute atomic E-state index is 11.8. The number of piperidine rings is 1. The number of allylic oxidation sites excluding steroid dienone is 5. The Labute approximate surface area is 265 Å².